The van der Waals surface area contributed by atoms with Gasteiger partial charge in [0.2, 0.25) is 5.91 Å². The van der Waals surface area contributed by atoms with E-state index in [0.29, 0.717) is 12.5 Å². The third-order valence-electron chi connectivity index (χ3n) is 7.45. The second kappa shape index (κ2) is 6.14. The van der Waals surface area contributed by atoms with Crippen LogP contribution < -0.4 is 10.6 Å². The van der Waals surface area contributed by atoms with E-state index in [1.54, 1.807) is 0 Å². The van der Waals surface area contributed by atoms with Gasteiger partial charge in [0.15, 0.2) is 0 Å². The molecule has 3 nitrogen and oxygen atoms in total. The van der Waals surface area contributed by atoms with Crippen LogP contribution in [0.4, 0.5) is 0 Å². The van der Waals surface area contributed by atoms with Gasteiger partial charge in [0.1, 0.15) is 0 Å². The number of carbonyl (C=O) groups is 1. The molecule has 0 radical (unpaired) electrons. The second-order valence-electron chi connectivity index (χ2n) is 8.81. The Morgan fingerprint density at radius 3 is 2.32 bits per heavy atom. The van der Waals surface area contributed by atoms with Crippen LogP contribution in [0.5, 0.6) is 0 Å². The molecule has 3 aliphatic carbocycles. The summed E-state index contributed by atoms with van der Waals surface area (Å²) < 4.78 is 0. The quantitative estimate of drug-likeness (QED) is 0.816. The summed E-state index contributed by atoms with van der Waals surface area (Å²) in [6.45, 7) is 8.49. The fourth-order valence-corrected chi connectivity index (χ4v) is 5.49. The van der Waals surface area contributed by atoms with Crippen molar-refractivity contribution in [3.8, 4) is 0 Å². The molecule has 0 aromatic rings. The van der Waals surface area contributed by atoms with E-state index in [1.807, 2.05) is 0 Å². The van der Waals surface area contributed by atoms with Gasteiger partial charge in [-0.2, -0.15) is 0 Å². The molecule has 126 valence electrons. The van der Waals surface area contributed by atoms with Crippen LogP contribution >= 0.6 is 0 Å². The van der Waals surface area contributed by atoms with Gasteiger partial charge in [0.05, 0.1) is 6.54 Å². The van der Waals surface area contributed by atoms with Gasteiger partial charge >= 0.3 is 0 Å². The molecule has 0 saturated heterocycles. The first kappa shape index (κ1) is 16.3. The Labute approximate surface area is 136 Å². The maximum atomic E-state index is 12.4. The lowest BCUT2D eigenvalue weighted by Gasteiger charge is -2.48. The minimum absolute atomic E-state index is 0.0144. The lowest BCUT2D eigenvalue weighted by molar-refractivity contribution is -0.124. The molecule has 3 heteroatoms. The Bertz CT molecular complexity index is 414. The van der Waals surface area contributed by atoms with Crippen molar-refractivity contribution >= 4 is 5.91 Å². The highest BCUT2D eigenvalue weighted by Crippen LogP contribution is 2.61. The third kappa shape index (κ3) is 2.81. The van der Waals surface area contributed by atoms with E-state index >= 15 is 0 Å². The molecule has 3 fully saturated rings. The molecule has 0 aliphatic heterocycles. The third-order valence-corrected chi connectivity index (χ3v) is 7.45. The van der Waals surface area contributed by atoms with E-state index in [2.05, 4.69) is 31.4 Å². The first-order valence-corrected chi connectivity index (χ1v) is 9.45. The van der Waals surface area contributed by atoms with Crippen LogP contribution in [0.15, 0.2) is 0 Å². The molecule has 3 atom stereocenters. The van der Waals surface area contributed by atoms with Crippen LogP contribution in [-0.4, -0.2) is 24.5 Å². The van der Waals surface area contributed by atoms with E-state index in [4.69, 9.17) is 0 Å². The number of fused-ring (bicyclic) bond motifs is 2. The first-order valence-electron chi connectivity index (χ1n) is 9.45. The highest BCUT2D eigenvalue weighted by molar-refractivity contribution is 5.79. The van der Waals surface area contributed by atoms with Gasteiger partial charge in [-0.25, -0.2) is 0 Å². The topological polar surface area (TPSA) is 41.1 Å². The summed E-state index contributed by atoms with van der Waals surface area (Å²) in [4.78, 5) is 12.4. The van der Waals surface area contributed by atoms with Gasteiger partial charge in [-0.05, 0) is 68.7 Å². The molecule has 0 heterocycles. The van der Waals surface area contributed by atoms with Gasteiger partial charge in [0, 0.05) is 5.54 Å². The largest absolute Gasteiger partial charge is 0.349 e. The van der Waals surface area contributed by atoms with Gasteiger partial charge in [-0.3, -0.25) is 4.79 Å². The summed E-state index contributed by atoms with van der Waals surface area (Å²) in [5.74, 6) is 2.45. The Morgan fingerprint density at radius 1 is 1.00 bits per heavy atom. The van der Waals surface area contributed by atoms with Gasteiger partial charge in [0.25, 0.3) is 0 Å². The number of amides is 1. The molecule has 0 unspecified atom stereocenters. The van der Waals surface area contributed by atoms with Crippen molar-refractivity contribution in [3.05, 3.63) is 0 Å². The highest BCUT2D eigenvalue weighted by atomic mass is 16.2. The van der Waals surface area contributed by atoms with E-state index in [-0.39, 0.29) is 16.9 Å². The average molecular weight is 306 g/mol. The zero-order chi connectivity index (χ0) is 15.8. The minimum Gasteiger partial charge on any atom is -0.349 e. The fraction of sp³-hybridized carbons (Fsp3) is 0.947. The molecule has 0 aromatic carbocycles. The van der Waals surface area contributed by atoms with Gasteiger partial charge < -0.3 is 10.6 Å². The molecule has 2 N–H and O–H groups in total. The molecule has 3 rings (SSSR count). The van der Waals surface area contributed by atoms with Crippen molar-refractivity contribution in [2.24, 2.45) is 23.2 Å². The predicted molar refractivity (Wildman–Crippen MR) is 90.6 cm³/mol. The van der Waals surface area contributed by atoms with Crippen LogP contribution in [0.1, 0.15) is 72.1 Å². The number of carbonyl (C=O) groups excluding carboxylic acids is 1. The highest BCUT2D eigenvalue weighted by Gasteiger charge is 2.60. The van der Waals surface area contributed by atoms with Crippen molar-refractivity contribution < 1.29 is 4.79 Å². The van der Waals surface area contributed by atoms with Crippen molar-refractivity contribution in [1.29, 1.82) is 0 Å². The molecule has 3 saturated carbocycles. The van der Waals surface area contributed by atoms with Crippen LogP contribution in [0.3, 0.4) is 0 Å². The average Bonchev–Trinajstić information content (AvgIpc) is 3.03. The predicted octanol–water partition coefficient (Wildman–Crippen LogP) is 3.49. The second-order valence-corrected chi connectivity index (χ2v) is 8.81. The zero-order valence-corrected chi connectivity index (χ0v) is 14.7. The van der Waals surface area contributed by atoms with E-state index in [9.17, 15) is 4.79 Å². The van der Waals surface area contributed by atoms with Gasteiger partial charge in [-0.1, -0.05) is 33.1 Å². The Morgan fingerprint density at radius 2 is 1.68 bits per heavy atom. The Kier molecular flexibility index (Phi) is 4.55. The monoisotopic (exact) mass is 306 g/mol. The lowest BCUT2D eigenvalue weighted by atomic mass is 9.64. The van der Waals surface area contributed by atoms with E-state index in [0.717, 1.165) is 18.4 Å². The Balaban J connectivity index is 1.47. The van der Waals surface area contributed by atoms with Crippen molar-refractivity contribution in [2.45, 2.75) is 77.7 Å². The molecule has 1 amide bonds. The van der Waals surface area contributed by atoms with Gasteiger partial charge in [-0.15, -0.1) is 0 Å². The SMILES string of the molecule is CC1(C)[C@@H]2CC[C@H](C2)[C@@]1(C)NC(=O)CNCC1CCCCC1. The summed E-state index contributed by atoms with van der Waals surface area (Å²) >= 11 is 0. The first-order chi connectivity index (χ1) is 10.4. The number of hydrogen-bond donors (Lipinski definition) is 2. The van der Waals surface area contributed by atoms with Crippen molar-refractivity contribution in [1.82, 2.24) is 10.6 Å². The van der Waals surface area contributed by atoms with Crippen LogP contribution in [0, 0.1) is 23.2 Å². The normalized spacial score (nSPS) is 37.4. The molecule has 0 spiro atoms. The maximum Gasteiger partial charge on any atom is 0.234 e. The number of nitrogens with one attached hydrogen (secondary N) is 2. The van der Waals surface area contributed by atoms with Crippen LogP contribution in [0.25, 0.3) is 0 Å². The summed E-state index contributed by atoms with van der Waals surface area (Å²) in [5.41, 5.74) is 0.217. The maximum absolute atomic E-state index is 12.4. The standard InChI is InChI=1S/C19H34N2O/c1-18(2)15-9-10-16(11-15)19(18,3)21-17(22)13-20-12-14-7-5-4-6-8-14/h14-16,20H,4-13H2,1-3H3,(H,21,22)/t15-,16-,19-/m1/s1. The smallest absolute Gasteiger partial charge is 0.234 e. The van der Waals surface area contributed by atoms with Crippen molar-refractivity contribution in [3.63, 3.8) is 0 Å². The number of hydrogen-bond acceptors (Lipinski definition) is 2. The zero-order valence-electron chi connectivity index (χ0n) is 14.7. The molecule has 22 heavy (non-hydrogen) atoms. The van der Waals surface area contributed by atoms with Crippen molar-refractivity contribution in [2.75, 3.05) is 13.1 Å². The summed E-state index contributed by atoms with van der Waals surface area (Å²) in [5, 5.41) is 6.82. The summed E-state index contributed by atoms with van der Waals surface area (Å²) in [7, 11) is 0. The van der Waals surface area contributed by atoms with Crippen LogP contribution in [0.2, 0.25) is 0 Å². The number of rotatable bonds is 5. The molecule has 2 bridgehead atoms. The summed E-state index contributed by atoms with van der Waals surface area (Å²) in [6.07, 6.45) is 10.8. The van der Waals surface area contributed by atoms with E-state index < -0.39 is 0 Å². The lowest BCUT2D eigenvalue weighted by Crippen LogP contribution is -2.60. The molecule has 0 aromatic heterocycles. The molecule has 3 aliphatic rings. The minimum atomic E-state index is -0.0144. The van der Waals surface area contributed by atoms with E-state index in [1.165, 1.54) is 51.4 Å². The fourth-order valence-electron chi connectivity index (χ4n) is 5.49. The summed E-state index contributed by atoms with van der Waals surface area (Å²) in [6, 6.07) is 0. The Hall–Kier alpha value is -0.570. The molecular formula is C19H34N2O. The van der Waals surface area contributed by atoms with Crippen LogP contribution in [-0.2, 0) is 4.79 Å². The molecular weight excluding hydrogens is 272 g/mol.